The van der Waals surface area contributed by atoms with E-state index in [2.05, 4.69) is 14.8 Å². The van der Waals surface area contributed by atoms with Gasteiger partial charge in [0.2, 0.25) is 0 Å². The number of rotatable bonds is 4. The number of aromatic nitrogens is 4. The molecule has 2 rings (SSSR count). The van der Waals surface area contributed by atoms with Crippen molar-refractivity contribution in [3.05, 3.63) is 24.3 Å². The molecule has 2 heterocycles. The van der Waals surface area contributed by atoms with Crippen molar-refractivity contribution in [1.29, 1.82) is 0 Å². The number of hydrogen-bond acceptors (Lipinski definition) is 5. The molecule has 0 fully saturated rings. The minimum atomic E-state index is -3.73. The lowest BCUT2D eigenvalue weighted by Gasteiger charge is -2.03. The molecule has 0 radical (unpaired) electrons. The zero-order valence-corrected chi connectivity index (χ0v) is 10.8. The van der Waals surface area contributed by atoms with Gasteiger partial charge in [-0.05, 0) is 0 Å². The number of nitrogens with two attached hydrogens (primary N) is 1. The summed E-state index contributed by atoms with van der Waals surface area (Å²) < 4.78 is 29.5. The van der Waals surface area contributed by atoms with Gasteiger partial charge < -0.3 is 10.3 Å². The minimum absolute atomic E-state index is 0.0568. The van der Waals surface area contributed by atoms with Crippen LogP contribution in [0.5, 0.6) is 0 Å². The van der Waals surface area contributed by atoms with E-state index < -0.39 is 10.0 Å². The van der Waals surface area contributed by atoms with Crippen LogP contribution in [0.25, 0.3) is 0 Å². The molecule has 0 saturated carbocycles. The summed E-state index contributed by atoms with van der Waals surface area (Å²) in [5.74, 6) is 0.227. The van der Waals surface area contributed by atoms with Gasteiger partial charge in [-0.2, -0.15) is 13.5 Å². The third-order valence-electron chi connectivity index (χ3n) is 2.31. The van der Waals surface area contributed by atoms with E-state index in [1.165, 1.54) is 17.2 Å². The van der Waals surface area contributed by atoms with Gasteiger partial charge in [-0.3, -0.25) is 9.40 Å². The average molecular weight is 270 g/mol. The molecule has 8 nitrogen and oxygen atoms in total. The van der Waals surface area contributed by atoms with Gasteiger partial charge in [-0.1, -0.05) is 0 Å². The van der Waals surface area contributed by atoms with Gasteiger partial charge in [-0.25, -0.2) is 4.98 Å². The lowest BCUT2D eigenvalue weighted by molar-refractivity contribution is 0.597. The van der Waals surface area contributed by atoms with Gasteiger partial charge in [0.15, 0.2) is 10.8 Å². The van der Waals surface area contributed by atoms with E-state index in [-0.39, 0.29) is 17.4 Å². The molecule has 0 aliphatic carbocycles. The van der Waals surface area contributed by atoms with Gasteiger partial charge in [0.25, 0.3) is 10.0 Å². The van der Waals surface area contributed by atoms with Crippen molar-refractivity contribution in [2.75, 3.05) is 4.72 Å². The summed E-state index contributed by atoms with van der Waals surface area (Å²) in [4.78, 5) is 3.79. The number of imidazole rings is 1. The van der Waals surface area contributed by atoms with Gasteiger partial charge >= 0.3 is 0 Å². The molecule has 0 bridgehead atoms. The fourth-order valence-electron chi connectivity index (χ4n) is 1.48. The first-order valence-corrected chi connectivity index (χ1v) is 6.64. The van der Waals surface area contributed by atoms with E-state index in [0.29, 0.717) is 5.56 Å². The van der Waals surface area contributed by atoms with Crippen molar-refractivity contribution in [3.8, 4) is 0 Å². The van der Waals surface area contributed by atoms with Crippen LogP contribution in [0.3, 0.4) is 0 Å². The van der Waals surface area contributed by atoms with Crippen LogP contribution in [-0.4, -0.2) is 27.7 Å². The number of sulfonamides is 1. The smallest absolute Gasteiger partial charge is 0.282 e. The summed E-state index contributed by atoms with van der Waals surface area (Å²) in [6.45, 7) is 0.202. The Morgan fingerprint density at radius 3 is 2.67 bits per heavy atom. The van der Waals surface area contributed by atoms with Gasteiger partial charge in [0.1, 0.15) is 0 Å². The maximum absolute atomic E-state index is 12.0. The molecule has 18 heavy (non-hydrogen) atoms. The van der Waals surface area contributed by atoms with E-state index in [0.717, 1.165) is 0 Å². The van der Waals surface area contributed by atoms with Crippen LogP contribution in [0.1, 0.15) is 5.56 Å². The lowest BCUT2D eigenvalue weighted by Crippen LogP contribution is -2.15. The molecule has 0 saturated heterocycles. The summed E-state index contributed by atoms with van der Waals surface area (Å²) in [5.41, 5.74) is 6.14. The lowest BCUT2D eigenvalue weighted by atomic mass is 10.3. The fraction of sp³-hybridized carbons (Fsp3) is 0.333. The molecular formula is C9H14N6O2S. The molecule has 9 heteroatoms. The Bertz CT molecular complexity index is 656. The normalized spacial score (nSPS) is 11.7. The topological polar surface area (TPSA) is 108 Å². The van der Waals surface area contributed by atoms with Crippen molar-refractivity contribution in [1.82, 2.24) is 19.3 Å². The molecule has 0 aliphatic rings. The molecule has 0 amide bonds. The number of anilines is 1. The van der Waals surface area contributed by atoms with Crippen molar-refractivity contribution in [2.45, 2.75) is 11.6 Å². The van der Waals surface area contributed by atoms with Crippen LogP contribution in [0.15, 0.2) is 23.7 Å². The second-order valence-corrected chi connectivity index (χ2v) is 5.49. The van der Waals surface area contributed by atoms with E-state index in [4.69, 9.17) is 5.73 Å². The van der Waals surface area contributed by atoms with Gasteiger partial charge in [0, 0.05) is 38.6 Å². The highest BCUT2D eigenvalue weighted by atomic mass is 32.2. The highest BCUT2D eigenvalue weighted by Gasteiger charge is 2.20. The van der Waals surface area contributed by atoms with Crippen LogP contribution >= 0.6 is 0 Å². The SMILES string of the molecule is Cn1cnc(S(=O)(=O)Nc2nn(C)cc2CN)c1. The largest absolute Gasteiger partial charge is 0.339 e. The Morgan fingerprint density at radius 1 is 1.39 bits per heavy atom. The van der Waals surface area contributed by atoms with Crippen LogP contribution < -0.4 is 10.5 Å². The second-order valence-electron chi connectivity index (χ2n) is 3.86. The summed E-state index contributed by atoms with van der Waals surface area (Å²) in [7, 11) is -0.340. The molecule has 0 spiro atoms. The molecule has 3 N–H and O–H groups in total. The fourth-order valence-corrected chi connectivity index (χ4v) is 2.50. The first-order chi connectivity index (χ1) is 8.42. The molecule has 0 aliphatic heterocycles. The summed E-state index contributed by atoms with van der Waals surface area (Å²) in [5, 5.41) is 3.95. The van der Waals surface area contributed by atoms with Crippen LogP contribution in [0, 0.1) is 0 Å². The molecular weight excluding hydrogens is 256 g/mol. The predicted octanol–water partition coefficient (Wildman–Crippen LogP) is -0.587. The number of aryl methyl sites for hydroxylation is 2. The second kappa shape index (κ2) is 4.42. The van der Waals surface area contributed by atoms with E-state index in [1.807, 2.05) is 0 Å². The summed E-state index contributed by atoms with van der Waals surface area (Å²) in [6, 6.07) is 0. The van der Waals surface area contributed by atoms with Crippen molar-refractivity contribution < 1.29 is 8.42 Å². The standard InChI is InChI=1S/C9H14N6O2S/c1-14-5-8(11-6-14)18(16,17)13-9-7(3-10)4-15(2)12-9/h4-6H,3,10H2,1-2H3,(H,12,13). The van der Waals surface area contributed by atoms with Crippen molar-refractivity contribution >= 4 is 15.8 Å². The number of nitrogens with one attached hydrogen (secondary N) is 1. The van der Waals surface area contributed by atoms with Gasteiger partial charge in [0.05, 0.1) is 6.33 Å². The number of nitrogens with zero attached hydrogens (tertiary/aromatic N) is 4. The Balaban J connectivity index is 2.33. The summed E-state index contributed by atoms with van der Waals surface area (Å²) in [6.07, 6.45) is 4.49. The predicted molar refractivity (Wildman–Crippen MR) is 65.1 cm³/mol. The monoisotopic (exact) mass is 270 g/mol. The van der Waals surface area contributed by atoms with Crippen LogP contribution in [-0.2, 0) is 30.7 Å². The molecule has 98 valence electrons. The zero-order valence-electron chi connectivity index (χ0n) is 10.0. The first-order valence-electron chi connectivity index (χ1n) is 5.16. The molecule has 0 aromatic carbocycles. The zero-order chi connectivity index (χ0) is 13.3. The van der Waals surface area contributed by atoms with E-state index >= 15 is 0 Å². The van der Waals surface area contributed by atoms with Crippen LogP contribution in [0.2, 0.25) is 0 Å². The molecule has 2 aromatic heterocycles. The first kappa shape index (κ1) is 12.6. The third kappa shape index (κ3) is 2.36. The van der Waals surface area contributed by atoms with E-state index in [1.54, 1.807) is 24.9 Å². The Labute approximate surface area is 104 Å². The molecule has 0 atom stereocenters. The Morgan fingerprint density at radius 2 is 2.11 bits per heavy atom. The van der Waals surface area contributed by atoms with Gasteiger partial charge in [-0.15, -0.1) is 0 Å². The molecule has 2 aromatic rings. The maximum atomic E-state index is 12.0. The average Bonchev–Trinajstić information content (AvgIpc) is 2.84. The highest BCUT2D eigenvalue weighted by molar-refractivity contribution is 7.92. The quantitative estimate of drug-likeness (QED) is 0.772. The Kier molecular flexibility index (Phi) is 3.09. The summed E-state index contributed by atoms with van der Waals surface area (Å²) >= 11 is 0. The minimum Gasteiger partial charge on any atom is -0.339 e. The maximum Gasteiger partial charge on any atom is 0.282 e. The van der Waals surface area contributed by atoms with Crippen molar-refractivity contribution in [3.63, 3.8) is 0 Å². The van der Waals surface area contributed by atoms with Crippen LogP contribution in [0.4, 0.5) is 5.82 Å². The number of hydrogen-bond donors (Lipinski definition) is 2. The highest BCUT2D eigenvalue weighted by Crippen LogP contribution is 2.16. The molecule has 0 unspecified atom stereocenters. The third-order valence-corrected chi connectivity index (χ3v) is 3.54. The van der Waals surface area contributed by atoms with E-state index in [9.17, 15) is 8.42 Å². The Hall–Kier alpha value is -1.87. The van der Waals surface area contributed by atoms with Crippen molar-refractivity contribution in [2.24, 2.45) is 19.8 Å².